The summed E-state index contributed by atoms with van der Waals surface area (Å²) >= 11 is 0. The van der Waals surface area contributed by atoms with Gasteiger partial charge in [0.1, 0.15) is 0 Å². The summed E-state index contributed by atoms with van der Waals surface area (Å²) in [6.45, 7) is 3.64. The van der Waals surface area contributed by atoms with Crippen molar-refractivity contribution >= 4 is 15.9 Å². The molecule has 0 saturated heterocycles. The summed E-state index contributed by atoms with van der Waals surface area (Å²) in [6.07, 6.45) is 4.70. The summed E-state index contributed by atoms with van der Waals surface area (Å²) < 4.78 is 38.0. The van der Waals surface area contributed by atoms with Crippen LogP contribution < -0.4 is 19.5 Å². The molecule has 8 heteroatoms. The van der Waals surface area contributed by atoms with E-state index in [4.69, 9.17) is 9.47 Å². The fraction of sp³-hybridized carbons (Fsp3) is 0.435. The predicted molar refractivity (Wildman–Crippen MR) is 119 cm³/mol. The lowest BCUT2D eigenvalue weighted by atomic mass is 10.0. The SMILES string of the molecule is CNS(=O)(=O)c1ccc(C)c(C(=O)NC(C)c2ccc(OC3CCCC3)c(OC)c2)c1. The van der Waals surface area contributed by atoms with Gasteiger partial charge in [-0.3, -0.25) is 4.79 Å². The molecule has 168 valence electrons. The molecule has 1 unspecified atom stereocenters. The molecule has 3 rings (SSSR count). The van der Waals surface area contributed by atoms with Gasteiger partial charge >= 0.3 is 0 Å². The topological polar surface area (TPSA) is 93.7 Å². The van der Waals surface area contributed by atoms with E-state index in [0.29, 0.717) is 22.6 Å². The largest absolute Gasteiger partial charge is 0.493 e. The molecule has 0 bridgehead atoms. The lowest BCUT2D eigenvalue weighted by Crippen LogP contribution is -2.28. The number of rotatable bonds is 8. The van der Waals surface area contributed by atoms with Gasteiger partial charge < -0.3 is 14.8 Å². The first kappa shape index (κ1) is 23.1. The molecular weight excluding hydrogens is 416 g/mol. The first-order valence-corrected chi connectivity index (χ1v) is 11.9. The number of sulfonamides is 1. The van der Waals surface area contributed by atoms with Crippen LogP contribution in [0.3, 0.4) is 0 Å². The highest BCUT2D eigenvalue weighted by atomic mass is 32.2. The zero-order chi connectivity index (χ0) is 22.6. The minimum atomic E-state index is -3.64. The quantitative estimate of drug-likeness (QED) is 0.645. The van der Waals surface area contributed by atoms with Gasteiger partial charge in [0, 0.05) is 5.56 Å². The summed E-state index contributed by atoms with van der Waals surface area (Å²) in [7, 11) is -0.700. The van der Waals surface area contributed by atoms with Crippen molar-refractivity contribution in [2.45, 2.75) is 56.6 Å². The molecule has 2 N–H and O–H groups in total. The van der Waals surface area contributed by atoms with Gasteiger partial charge in [0.25, 0.3) is 5.91 Å². The molecule has 0 radical (unpaired) electrons. The molecule has 0 aromatic heterocycles. The molecule has 2 aromatic rings. The Morgan fingerprint density at radius 3 is 2.45 bits per heavy atom. The number of ether oxygens (including phenoxy) is 2. The van der Waals surface area contributed by atoms with Crippen molar-refractivity contribution in [1.82, 2.24) is 10.0 Å². The molecule has 1 saturated carbocycles. The van der Waals surface area contributed by atoms with E-state index in [1.54, 1.807) is 20.1 Å². The number of carbonyl (C=O) groups excluding carboxylic acids is 1. The zero-order valence-corrected chi connectivity index (χ0v) is 19.2. The second kappa shape index (κ2) is 9.70. The average Bonchev–Trinajstić information content (AvgIpc) is 3.27. The van der Waals surface area contributed by atoms with Crippen molar-refractivity contribution in [2.75, 3.05) is 14.2 Å². The molecule has 31 heavy (non-hydrogen) atoms. The molecular formula is C23H30N2O5S. The minimum Gasteiger partial charge on any atom is -0.493 e. The molecule has 0 spiro atoms. The highest BCUT2D eigenvalue weighted by Gasteiger charge is 2.21. The third-order valence-corrected chi connectivity index (χ3v) is 7.08. The highest BCUT2D eigenvalue weighted by molar-refractivity contribution is 7.89. The number of hydrogen-bond acceptors (Lipinski definition) is 5. The molecule has 1 atom stereocenters. The fourth-order valence-corrected chi connectivity index (χ4v) is 4.48. The number of amides is 1. The molecule has 1 aliphatic rings. The van der Waals surface area contributed by atoms with Crippen LogP contribution in [0.2, 0.25) is 0 Å². The van der Waals surface area contributed by atoms with Gasteiger partial charge in [-0.25, -0.2) is 13.1 Å². The van der Waals surface area contributed by atoms with Crippen LogP contribution in [0.4, 0.5) is 0 Å². The van der Waals surface area contributed by atoms with E-state index >= 15 is 0 Å². The Balaban J connectivity index is 1.77. The Morgan fingerprint density at radius 2 is 1.81 bits per heavy atom. The smallest absolute Gasteiger partial charge is 0.252 e. The van der Waals surface area contributed by atoms with E-state index in [2.05, 4.69) is 10.0 Å². The van der Waals surface area contributed by atoms with Crippen molar-refractivity contribution in [1.29, 1.82) is 0 Å². The van der Waals surface area contributed by atoms with Crippen LogP contribution in [0.15, 0.2) is 41.3 Å². The molecule has 2 aromatic carbocycles. The standard InChI is InChI=1S/C23H30N2O5S/c1-15-9-11-19(31(27,28)24-3)14-20(15)23(26)25-16(2)17-10-12-21(22(13-17)29-4)30-18-7-5-6-8-18/h9-14,16,18,24H,5-8H2,1-4H3,(H,25,26). The van der Waals surface area contributed by atoms with Crippen LogP contribution in [0, 0.1) is 6.92 Å². The maximum Gasteiger partial charge on any atom is 0.252 e. The van der Waals surface area contributed by atoms with Crippen LogP contribution in [-0.2, 0) is 10.0 Å². The predicted octanol–water partition coefficient (Wildman–Crippen LogP) is 3.72. The van der Waals surface area contributed by atoms with Gasteiger partial charge in [0.2, 0.25) is 10.0 Å². The van der Waals surface area contributed by atoms with E-state index in [-0.39, 0.29) is 22.9 Å². The van der Waals surface area contributed by atoms with E-state index in [1.807, 2.05) is 25.1 Å². The molecule has 1 amide bonds. The lowest BCUT2D eigenvalue weighted by Gasteiger charge is -2.19. The Labute approximate surface area is 184 Å². The molecule has 1 aliphatic carbocycles. The number of aryl methyl sites for hydroxylation is 1. The zero-order valence-electron chi connectivity index (χ0n) is 18.4. The van der Waals surface area contributed by atoms with E-state index in [9.17, 15) is 13.2 Å². The molecule has 0 heterocycles. The highest BCUT2D eigenvalue weighted by Crippen LogP contribution is 2.33. The minimum absolute atomic E-state index is 0.0495. The van der Waals surface area contributed by atoms with Crippen molar-refractivity contribution in [3.8, 4) is 11.5 Å². The summed E-state index contributed by atoms with van der Waals surface area (Å²) in [5.74, 6) is 0.990. The van der Waals surface area contributed by atoms with Gasteiger partial charge in [-0.15, -0.1) is 0 Å². The van der Waals surface area contributed by atoms with Crippen molar-refractivity contribution in [3.63, 3.8) is 0 Å². The Morgan fingerprint density at radius 1 is 1.10 bits per heavy atom. The molecule has 0 aliphatic heterocycles. The fourth-order valence-electron chi connectivity index (χ4n) is 3.73. The normalized spacial score (nSPS) is 15.5. The second-order valence-electron chi connectivity index (χ2n) is 7.81. The van der Waals surface area contributed by atoms with E-state index < -0.39 is 10.0 Å². The van der Waals surface area contributed by atoms with Crippen LogP contribution in [0.1, 0.15) is 60.1 Å². The third kappa shape index (κ3) is 5.37. The average molecular weight is 447 g/mol. The summed E-state index contributed by atoms with van der Waals surface area (Å²) in [5.41, 5.74) is 1.87. The molecule has 1 fully saturated rings. The van der Waals surface area contributed by atoms with Crippen LogP contribution >= 0.6 is 0 Å². The van der Waals surface area contributed by atoms with Gasteiger partial charge in [0.15, 0.2) is 11.5 Å². The number of carbonyl (C=O) groups is 1. The summed E-state index contributed by atoms with van der Waals surface area (Å²) in [5, 5.41) is 2.94. The van der Waals surface area contributed by atoms with E-state index in [1.165, 1.54) is 32.0 Å². The lowest BCUT2D eigenvalue weighted by molar-refractivity contribution is 0.0939. The molecule has 7 nitrogen and oxygen atoms in total. The van der Waals surface area contributed by atoms with E-state index in [0.717, 1.165) is 18.4 Å². The Bertz CT molecular complexity index is 1050. The van der Waals surface area contributed by atoms with Crippen molar-refractivity contribution < 1.29 is 22.7 Å². The third-order valence-electron chi connectivity index (χ3n) is 5.66. The maximum atomic E-state index is 12.9. The first-order valence-electron chi connectivity index (χ1n) is 10.4. The van der Waals surface area contributed by atoms with Gasteiger partial charge in [0.05, 0.1) is 24.2 Å². The van der Waals surface area contributed by atoms with Gasteiger partial charge in [-0.2, -0.15) is 0 Å². The van der Waals surface area contributed by atoms with Crippen LogP contribution in [0.5, 0.6) is 11.5 Å². The second-order valence-corrected chi connectivity index (χ2v) is 9.70. The number of hydrogen-bond donors (Lipinski definition) is 2. The van der Waals surface area contributed by atoms with Gasteiger partial charge in [-0.1, -0.05) is 12.1 Å². The van der Waals surface area contributed by atoms with Crippen LogP contribution in [-0.4, -0.2) is 34.6 Å². The van der Waals surface area contributed by atoms with Crippen molar-refractivity contribution in [2.24, 2.45) is 0 Å². The Kier molecular flexibility index (Phi) is 7.23. The van der Waals surface area contributed by atoms with Crippen LogP contribution in [0.25, 0.3) is 0 Å². The van der Waals surface area contributed by atoms with Crippen molar-refractivity contribution in [3.05, 3.63) is 53.1 Å². The number of benzene rings is 2. The van der Waals surface area contributed by atoms with Gasteiger partial charge in [-0.05, 0) is 82.0 Å². The summed E-state index contributed by atoms with van der Waals surface area (Å²) in [6, 6.07) is 9.84. The number of nitrogens with one attached hydrogen (secondary N) is 2. The maximum absolute atomic E-state index is 12.9. The number of methoxy groups -OCH3 is 1. The Hall–Kier alpha value is -2.58. The first-order chi connectivity index (χ1) is 14.7. The summed E-state index contributed by atoms with van der Waals surface area (Å²) in [4.78, 5) is 12.9. The monoisotopic (exact) mass is 446 g/mol.